The van der Waals surface area contributed by atoms with Crippen molar-refractivity contribution in [2.45, 2.75) is 103 Å². The van der Waals surface area contributed by atoms with Gasteiger partial charge in [0.1, 0.15) is 17.1 Å². The van der Waals surface area contributed by atoms with E-state index in [1.807, 2.05) is 6.07 Å². The number of hydrogen-bond acceptors (Lipinski definition) is 4. The molecule has 1 fully saturated rings. The van der Waals surface area contributed by atoms with Gasteiger partial charge in [0.05, 0.1) is 5.71 Å². The molecule has 156 valence electrons. The number of unbranched alkanes of at least 4 members (excludes halogenated alkanes) is 3. The Hall–Kier alpha value is -1.71. The lowest BCUT2D eigenvalue weighted by Gasteiger charge is -2.47. The summed E-state index contributed by atoms with van der Waals surface area (Å²) in [5.74, 6) is 1.59. The number of nitrogens with zero attached hydrogens (tertiary/aromatic N) is 1. The first kappa shape index (κ1) is 21.0. The molecule has 1 aliphatic carbocycles. The first-order chi connectivity index (χ1) is 13.2. The molecule has 28 heavy (non-hydrogen) atoms. The van der Waals surface area contributed by atoms with E-state index in [1.165, 1.54) is 25.7 Å². The number of ether oxygens (including phenoxy) is 1. The summed E-state index contributed by atoms with van der Waals surface area (Å²) in [4.78, 5) is 0. The highest BCUT2D eigenvalue weighted by molar-refractivity contribution is 5.86. The quantitative estimate of drug-likeness (QED) is 0.331. The van der Waals surface area contributed by atoms with Gasteiger partial charge in [-0.1, -0.05) is 51.6 Å². The van der Waals surface area contributed by atoms with Crippen LogP contribution < -0.4 is 4.74 Å². The van der Waals surface area contributed by atoms with Crippen LogP contribution in [0.25, 0.3) is 0 Å². The molecule has 4 heteroatoms. The monoisotopic (exact) mass is 387 g/mol. The van der Waals surface area contributed by atoms with Crippen molar-refractivity contribution in [3.8, 4) is 11.5 Å². The topological polar surface area (TPSA) is 62.0 Å². The summed E-state index contributed by atoms with van der Waals surface area (Å²) in [6.45, 7) is 11.0. The summed E-state index contributed by atoms with van der Waals surface area (Å²) < 4.78 is 6.45. The summed E-state index contributed by atoms with van der Waals surface area (Å²) in [5, 5.41) is 23.8. The maximum atomic E-state index is 11.0. The molecule has 0 unspecified atom stereocenters. The van der Waals surface area contributed by atoms with Crippen molar-refractivity contribution in [1.29, 1.82) is 0 Å². The van der Waals surface area contributed by atoms with Crippen LogP contribution in [0, 0.1) is 5.92 Å². The van der Waals surface area contributed by atoms with Crippen LogP contribution in [-0.4, -0.2) is 21.6 Å². The number of aromatic hydroxyl groups is 1. The van der Waals surface area contributed by atoms with Gasteiger partial charge in [-0.2, -0.15) is 0 Å². The van der Waals surface area contributed by atoms with E-state index in [4.69, 9.17) is 4.74 Å². The highest BCUT2D eigenvalue weighted by Crippen LogP contribution is 2.54. The lowest BCUT2D eigenvalue weighted by Crippen LogP contribution is -2.47. The van der Waals surface area contributed by atoms with Crippen molar-refractivity contribution >= 4 is 5.71 Å². The second kappa shape index (κ2) is 7.96. The van der Waals surface area contributed by atoms with Gasteiger partial charge >= 0.3 is 0 Å². The number of oxime groups is 1. The largest absolute Gasteiger partial charge is 0.508 e. The van der Waals surface area contributed by atoms with Crippen LogP contribution in [0.15, 0.2) is 17.3 Å². The van der Waals surface area contributed by atoms with E-state index >= 15 is 0 Å². The van der Waals surface area contributed by atoms with Gasteiger partial charge in [-0.05, 0) is 62.6 Å². The molecule has 0 spiro atoms. The second-order valence-electron chi connectivity index (χ2n) is 9.93. The summed E-state index contributed by atoms with van der Waals surface area (Å²) in [7, 11) is 0. The van der Waals surface area contributed by atoms with Crippen molar-refractivity contribution in [1.82, 2.24) is 0 Å². The molecule has 1 aromatic carbocycles. The van der Waals surface area contributed by atoms with Gasteiger partial charge in [-0.25, -0.2) is 0 Å². The van der Waals surface area contributed by atoms with Crippen LogP contribution >= 0.6 is 0 Å². The van der Waals surface area contributed by atoms with Crippen LogP contribution in [-0.2, 0) is 5.41 Å². The fourth-order valence-corrected chi connectivity index (χ4v) is 5.20. The predicted molar refractivity (Wildman–Crippen MR) is 114 cm³/mol. The number of hydrogen-bond donors (Lipinski definition) is 2. The van der Waals surface area contributed by atoms with Crippen LogP contribution in [0.5, 0.6) is 11.5 Å². The van der Waals surface area contributed by atoms with Crippen molar-refractivity contribution in [3.05, 3.63) is 23.3 Å². The molecule has 3 rings (SSSR count). The van der Waals surface area contributed by atoms with Gasteiger partial charge in [-0.3, -0.25) is 0 Å². The Labute approximate surface area is 170 Å². The molecule has 2 atom stereocenters. The number of phenolic OH excluding ortho intramolecular Hbond substituents is 1. The third kappa shape index (κ3) is 4.01. The van der Waals surface area contributed by atoms with Gasteiger partial charge in [0.2, 0.25) is 0 Å². The van der Waals surface area contributed by atoms with E-state index in [0.29, 0.717) is 18.1 Å². The summed E-state index contributed by atoms with van der Waals surface area (Å²) in [6, 6.07) is 4.10. The van der Waals surface area contributed by atoms with E-state index in [-0.39, 0.29) is 16.9 Å². The summed E-state index contributed by atoms with van der Waals surface area (Å²) >= 11 is 0. The van der Waals surface area contributed by atoms with Crippen molar-refractivity contribution in [2.24, 2.45) is 11.1 Å². The Kier molecular flexibility index (Phi) is 5.97. The fourth-order valence-electron chi connectivity index (χ4n) is 5.20. The van der Waals surface area contributed by atoms with Gasteiger partial charge in [0.25, 0.3) is 0 Å². The summed E-state index contributed by atoms with van der Waals surface area (Å²) in [6.07, 6.45) is 8.48. The SMILES string of the molecule is CCCCCCC(C)(C)c1cc(O)c2c(c1)OC(C)(C)[C@@H]1CCC(=NO)C[C@@H]21. The smallest absolute Gasteiger partial charge is 0.127 e. The Balaban J connectivity index is 1.93. The zero-order valence-corrected chi connectivity index (χ0v) is 18.2. The highest BCUT2D eigenvalue weighted by Gasteiger charge is 2.47. The predicted octanol–water partition coefficient (Wildman–Crippen LogP) is 6.53. The maximum absolute atomic E-state index is 11.0. The van der Waals surface area contributed by atoms with Gasteiger partial charge in [0, 0.05) is 17.4 Å². The number of benzene rings is 1. The third-order valence-electron chi connectivity index (χ3n) is 7.02. The first-order valence-corrected chi connectivity index (χ1v) is 11.0. The molecule has 4 nitrogen and oxygen atoms in total. The Morgan fingerprint density at radius 2 is 1.96 bits per heavy atom. The lowest BCUT2D eigenvalue weighted by molar-refractivity contribution is 0.00284. The van der Waals surface area contributed by atoms with Crippen molar-refractivity contribution in [3.63, 3.8) is 0 Å². The number of fused-ring (bicyclic) bond motifs is 3. The molecule has 1 saturated carbocycles. The normalized spacial score (nSPS) is 25.1. The molecule has 2 aliphatic rings. The molecule has 1 heterocycles. The fraction of sp³-hybridized carbons (Fsp3) is 0.708. The van der Waals surface area contributed by atoms with E-state index < -0.39 is 0 Å². The molecular weight excluding hydrogens is 350 g/mol. The zero-order chi connectivity index (χ0) is 20.5. The van der Waals surface area contributed by atoms with Gasteiger partial charge in [-0.15, -0.1) is 0 Å². The molecule has 0 saturated heterocycles. The molecule has 0 bridgehead atoms. The molecular formula is C24H37NO3. The van der Waals surface area contributed by atoms with E-state index in [9.17, 15) is 10.3 Å². The van der Waals surface area contributed by atoms with E-state index in [0.717, 1.165) is 41.9 Å². The Bertz CT molecular complexity index is 736. The van der Waals surface area contributed by atoms with E-state index in [2.05, 4.69) is 45.8 Å². The molecule has 1 aromatic rings. The average Bonchev–Trinajstić information content (AvgIpc) is 2.63. The molecule has 0 radical (unpaired) electrons. The second-order valence-corrected chi connectivity index (χ2v) is 9.93. The highest BCUT2D eigenvalue weighted by atomic mass is 16.5. The van der Waals surface area contributed by atoms with Crippen LogP contribution in [0.3, 0.4) is 0 Å². The van der Waals surface area contributed by atoms with Crippen LogP contribution in [0.1, 0.15) is 103 Å². The van der Waals surface area contributed by atoms with Crippen molar-refractivity contribution in [2.75, 3.05) is 0 Å². The Morgan fingerprint density at radius 1 is 1.21 bits per heavy atom. The summed E-state index contributed by atoms with van der Waals surface area (Å²) in [5.41, 5.74) is 2.56. The van der Waals surface area contributed by atoms with Crippen LogP contribution in [0.2, 0.25) is 0 Å². The molecule has 2 N–H and O–H groups in total. The molecule has 0 amide bonds. The first-order valence-electron chi connectivity index (χ1n) is 11.0. The van der Waals surface area contributed by atoms with E-state index in [1.54, 1.807) is 0 Å². The molecule has 1 aliphatic heterocycles. The standard InChI is InChI=1S/C24H37NO3/c1-6-7-8-9-12-23(2,3)16-13-20(26)22-18-15-17(25-27)10-11-19(18)24(4,5)28-21(22)14-16/h13-14,18-19,26-27H,6-12,15H2,1-5H3/t18-,19-/m1/s1. The maximum Gasteiger partial charge on any atom is 0.127 e. The minimum Gasteiger partial charge on any atom is -0.508 e. The number of rotatable bonds is 6. The Morgan fingerprint density at radius 3 is 2.64 bits per heavy atom. The average molecular weight is 388 g/mol. The van der Waals surface area contributed by atoms with Crippen LogP contribution in [0.4, 0.5) is 0 Å². The van der Waals surface area contributed by atoms with Crippen molar-refractivity contribution < 1.29 is 15.1 Å². The lowest BCUT2D eigenvalue weighted by atomic mass is 9.65. The zero-order valence-electron chi connectivity index (χ0n) is 18.2. The molecule has 0 aromatic heterocycles. The third-order valence-corrected chi connectivity index (χ3v) is 7.02. The number of phenols is 1. The van der Waals surface area contributed by atoms with Gasteiger partial charge in [0.15, 0.2) is 0 Å². The van der Waals surface area contributed by atoms with Gasteiger partial charge < -0.3 is 15.1 Å². The minimum absolute atomic E-state index is 0.00507. The minimum atomic E-state index is -0.297.